The maximum Gasteiger partial charge on any atom is 0.326 e. The Morgan fingerprint density at radius 3 is 2.90 bits per heavy atom. The Labute approximate surface area is 122 Å². The van der Waals surface area contributed by atoms with Crippen molar-refractivity contribution < 1.29 is 18.7 Å². The van der Waals surface area contributed by atoms with E-state index in [0.29, 0.717) is 19.7 Å². The van der Waals surface area contributed by atoms with Crippen molar-refractivity contribution in [2.75, 3.05) is 31.6 Å². The van der Waals surface area contributed by atoms with Crippen LogP contribution in [0.25, 0.3) is 0 Å². The maximum atomic E-state index is 13.4. The highest BCUT2D eigenvalue weighted by atomic mass is 19.1. The first-order valence-electron chi connectivity index (χ1n) is 6.74. The lowest BCUT2D eigenvalue weighted by atomic mass is 10.3. The van der Waals surface area contributed by atoms with Gasteiger partial charge in [-0.15, -0.1) is 0 Å². The normalized spacial score (nSPS) is 19.0. The first-order valence-corrected chi connectivity index (χ1v) is 6.74. The van der Waals surface area contributed by atoms with Crippen LogP contribution in [0.1, 0.15) is 6.92 Å². The maximum absolute atomic E-state index is 13.4. The van der Waals surface area contributed by atoms with Crippen molar-refractivity contribution in [2.24, 2.45) is 0 Å². The summed E-state index contributed by atoms with van der Waals surface area (Å²) in [5.74, 6) is -0.986. The third-order valence-corrected chi connectivity index (χ3v) is 3.07. The molecule has 0 unspecified atom stereocenters. The van der Waals surface area contributed by atoms with E-state index in [0.717, 1.165) is 0 Å². The third kappa shape index (κ3) is 4.80. The van der Waals surface area contributed by atoms with E-state index in [1.165, 1.54) is 18.2 Å². The van der Waals surface area contributed by atoms with Crippen molar-refractivity contribution >= 4 is 17.6 Å². The van der Waals surface area contributed by atoms with Crippen molar-refractivity contribution in [1.82, 2.24) is 10.2 Å². The smallest absolute Gasteiger partial charge is 0.326 e. The monoisotopic (exact) mass is 295 g/mol. The van der Waals surface area contributed by atoms with Gasteiger partial charge in [-0.05, 0) is 19.1 Å². The number of halogens is 1. The summed E-state index contributed by atoms with van der Waals surface area (Å²) in [5, 5.41) is 4.48. The molecule has 1 aromatic carbocycles. The summed E-state index contributed by atoms with van der Waals surface area (Å²) in [7, 11) is 0. The van der Waals surface area contributed by atoms with Gasteiger partial charge in [0.2, 0.25) is 5.91 Å². The number of urea groups is 1. The third-order valence-electron chi connectivity index (χ3n) is 3.07. The Morgan fingerprint density at radius 1 is 1.43 bits per heavy atom. The number of morpholine rings is 1. The van der Waals surface area contributed by atoms with Gasteiger partial charge in [-0.3, -0.25) is 15.0 Å². The Balaban J connectivity index is 1.79. The number of anilines is 1. The molecular weight excluding hydrogens is 277 g/mol. The standard InChI is InChI=1S/C14H18FN3O3/c1-10-8-18(6-7-21-10)9-13(19)17-14(20)16-12-5-3-2-4-11(12)15/h2-5,10H,6-9H2,1H3,(H2,16,17,19,20)/t10-/m1/s1. The largest absolute Gasteiger partial charge is 0.376 e. The van der Waals surface area contributed by atoms with Gasteiger partial charge in [0.25, 0.3) is 0 Å². The molecule has 1 fully saturated rings. The summed E-state index contributed by atoms with van der Waals surface area (Å²) in [6, 6.07) is 5.01. The van der Waals surface area contributed by atoms with Crippen LogP contribution in [0.2, 0.25) is 0 Å². The number of carbonyl (C=O) groups is 2. The van der Waals surface area contributed by atoms with Crippen LogP contribution in [0.15, 0.2) is 24.3 Å². The second-order valence-electron chi connectivity index (χ2n) is 4.90. The lowest BCUT2D eigenvalue weighted by Gasteiger charge is -2.30. The zero-order valence-corrected chi connectivity index (χ0v) is 11.8. The van der Waals surface area contributed by atoms with Crippen molar-refractivity contribution in [3.63, 3.8) is 0 Å². The summed E-state index contributed by atoms with van der Waals surface area (Å²) < 4.78 is 18.7. The van der Waals surface area contributed by atoms with E-state index in [-0.39, 0.29) is 18.3 Å². The van der Waals surface area contributed by atoms with E-state index in [1.807, 2.05) is 11.8 Å². The molecular formula is C14H18FN3O3. The molecule has 1 aliphatic rings. The minimum atomic E-state index is -0.744. The predicted octanol–water partition coefficient (Wildman–Crippen LogP) is 1.19. The first kappa shape index (κ1) is 15.4. The van der Waals surface area contributed by atoms with Crippen molar-refractivity contribution in [1.29, 1.82) is 0 Å². The molecule has 2 N–H and O–H groups in total. The number of amides is 3. The molecule has 0 radical (unpaired) electrons. The molecule has 0 aromatic heterocycles. The second-order valence-corrected chi connectivity index (χ2v) is 4.90. The van der Waals surface area contributed by atoms with Crippen LogP contribution in [0.4, 0.5) is 14.9 Å². The van der Waals surface area contributed by atoms with Crippen LogP contribution in [0.3, 0.4) is 0 Å². The lowest BCUT2D eigenvalue weighted by Crippen LogP contribution is -2.47. The molecule has 0 aliphatic carbocycles. The number of hydrogen-bond donors (Lipinski definition) is 2. The minimum absolute atomic E-state index is 0.0304. The van der Waals surface area contributed by atoms with Crippen LogP contribution in [0, 0.1) is 5.82 Å². The number of carbonyl (C=O) groups excluding carboxylic acids is 2. The molecule has 3 amide bonds. The average Bonchev–Trinajstić information content (AvgIpc) is 2.41. The summed E-state index contributed by atoms with van der Waals surface area (Å²) in [5.41, 5.74) is 0.0304. The Kier molecular flexibility index (Phi) is 5.24. The molecule has 6 nitrogen and oxygen atoms in total. The number of rotatable bonds is 3. The fourth-order valence-electron chi connectivity index (χ4n) is 2.12. The van der Waals surface area contributed by atoms with E-state index in [4.69, 9.17) is 4.74 Å². The van der Waals surface area contributed by atoms with Crippen LogP contribution in [0.5, 0.6) is 0 Å². The molecule has 1 atom stereocenters. The molecule has 2 rings (SSSR count). The van der Waals surface area contributed by atoms with Crippen LogP contribution >= 0.6 is 0 Å². The summed E-state index contributed by atoms with van der Waals surface area (Å²) in [4.78, 5) is 25.3. The van der Waals surface area contributed by atoms with Gasteiger partial charge in [0.15, 0.2) is 0 Å². The molecule has 1 saturated heterocycles. The molecule has 7 heteroatoms. The van der Waals surface area contributed by atoms with E-state index in [1.54, 1.807) is 6.07 Å². The SMILES string of the molecule is C[C@@H]1CN(CC(=O)NC(=O)Nc2ccccc2F)CCO1. The Hall–Kier alpha value is -1.99. The van der Waals surface area contributed by atoms with Gasteiger partial charge in [-0.25, -0.2) is 9.18 Å². The second kappa shape index (κ2) is 7.14. The van der Waals surface area contributed by atoms with E-state index < -0.39 is 17.8 Å². The number of ether oxygens (including phenoxy) is 1. The summed E-state index contributed by atoms with van der Waals surface area (Å²) >= 11 is 0. The molecule has 1 heterocycles. The zero-order chi connectivity index (χ0) is 15.2. The number of imide groups is 1. The zero-order valence-electron chi connectivity index (χ0n) is 11.8. The number of para-hydroxylation sites is 1. The molecule has 1 aromatic rings. The highest BCUT2D eigenvalue weighted by Crippen LogP contribution is 2.11. The highest BCUT2D eigenvalue weighted by Gasteiger charge is 2.20. The number of hydrogen-bond acceptors (Lipinski definition) is 4. The van der Waals surface area contributed by atoms with Gasteiger partial charge in [0, 0.05) is 13.1 Å². The Bertz CT molecular complexity index is 524. The first-order chi connectivity index (χ1) is 10.0. The molecule has 0 spiro atoms. The number of benzene rings is 1. The summed E-state index contributed by atoms with van der Waals surface area (Å²) in [6.07, 6.45) is 0.0683. The van der Waals surface area contributed by atoms with Crippen LogP contribution in [-0.4, -0.2) is 49.2 Å². The van der Waals surface area contributed by atoms with Gasteiger partial charge in [0.1, 0.15) is 5.82 Å². The summed E-state index contributed by atoms with van der Waals surface area (Å²) in [6.45, 7) is 3.89. The van der Waals surface area contributed by atoms with Gasteiger partial charge < -0.3 is 10.1 Å². The molecule has 0 saturated carbocycles. The molecule has 21 heavy (non-hydrogen) atoms. The molecule has 1 aliphatic heterocycles. The van der Waals surface area contributed by atoms with Gasteiger partial charge >= 0.3 is 6.03 Å². The van der Waals surface area contributed by atoms with Crippen molar-refractivity contribution in [3.8, 4) is 0 Å². The molecule has 0 bridgehead atoms. The van der Waals surface area contributed by atoms with E-state index >= 15 is 0 Å². The number of nitrogens with one attached hydrogen (secondary N) is 2. The lowest BCUT2D eigenvalue weighted by molar-refractivity contribution is -0.122. The van der Waals surface area contributed by atoms with Crippen molar-refractivity contribution in [2.45, 2.75) is 13.0 Å². The van der Waals surface area contributed by atoms with E-state index in [9.17, 15) is 14.0 Å². The average molecular weight is 295 g/mol. The topological polar surface area (TPSA) is 70.7 Å². The van der Waals surface area contributed by atoms with Gasteiger partial charge in [-0.2, -0.15) is 0 Å². The van der Waals surface area contributed by atoms with Gasteiger partial charge in [0.05, 0.1) is 24.9 Å². The van der Waals surface area contributed by atoms with Crippen LogP contribution < -0.4 is 10.6 Å². The van der Waals surface area contributed by atoms with Crippen molar-refractivity contribution in [3.05, 3.63) is 30.1 Å². The van der Waals surface area contributed by atoms with Gasteiger partial charge in [-0.1, -0.05) is 12.1 Å². The van der Waals surface area contributed by atoms with E-state index in [2.05, 4.69) is 10.6 Å². The fraction of sp³-hybridized carbons (Fsp3) is 0.429. The van der Waals surface area contributed by atoms with Crippen LogP contribution in [-0.2, 0) is 9.53 Å². The Morgan fingerprint density at radius 2 is 2.19 bits per heavy atom. The highest BCUT2D eigenvalue weighted by molar-refractivity contribution is 6.01. The molecule has 114 valence electrons. The number of nitrogens with zero attached hydrogens (tertiary/aromatic N) is 1. The minimum Gasteiger partial charge on any atom is -0.376 e. The predicted molar refractivity (Wildman–Crippen MR) is 75.4 cm³/mol. The fourth-order valence-corrected chi connectivity index (χ4v) is 2.12. The quantitative estimate of drug-likeness (QED) is 0.879.